The summed E-state index contributed by atoms with van der Waals surface area (Å²) in [5, 5.41) is 3.43. The Morgan fingerprint density at radius 1 is 1.10 bits per heavy atom. The number of para-hydroxylation sites is 2. The second-order valence-corrected chi connectivity index (χ2v) is 7.70. The van der Waals surface area contributed by atoms with Gasteiger partial charge in [-0.3, -0.25) is 9.59 Å². The van der Waals surface area contributed by atoms with Gasteiger partial charge in [-0.15, -0.1) is 0 Å². The normalized spacial score (nSPS) is 18.4. The molecule has 0 aliphatic carbocycles. The summed E-state index contributed by atoms with van der Waals surface area (Å²) in [7, 11) is 0. The van der Waals surface area contributed by atoms with E-state index >= 15 is 0 Å². The molecule has 1 unspecified atom stereocenters. The predicted octanol–water partition coefficient (Wildman–Crippen LogP) is 2.79. The number of carbonyl (C=O) groups is 2. The Morgan fingerprint density at radius 2 is 1.90 bits per heavy atom. The van der Waals surface area contributed by atoms with E-state index in [0.29, 0.717) is 55.9 Å². The number of nitrogens with one attached hydrogen (secondary N) is 1. The molecule has 8 heteroatoms. The summed E-state index contributed by atoms with van der Waals surface area (Å²) in [5.74, 6) is 0.504. The second kappa shape index (κ2) is 9.36. The monoisotopic (exact) mass is 429 g/mol. The van der Waals surface area contributed by atoms with Crippen LogP contribution in [-0.4, -0.2) is 62.2 Å². The first-order chi connectivity index (χ1) is 14.6. The molecule has 2 aromatic rings. The molecule has 0 spiro atoms. The van der Waals surface area contributed by atoms with Gasteiger partial charge >= 0.3 is 0 Å². The second-order valence-electron chi connectivity index (χ2n) is 7.27. The van der Waals surface area contributed by atoms with Crippen LogP contribution in [0.3, 0.4) is 0 Å². The molecule has 0 saturated carbocycles. The van der Waals surface area contributed by atoms with Crippen LogP contribution in [0, 0.1) is 0 Å². The maximum Gasteiger partial charge on any atom is 0.265 e. The van der Waals surface area contributed by atoms with Crippen LogP contribution < -0.4 is 15.0 Å². The molecule has 2 aromatic carbocycles. The molecule has 2 aliphatic rings. The Bertz CT molecular complexity index is 917. The van der Waals surface area contributed by atoms with Crippen LogP contribution in [-0.2, 0) is 14.3 Å². The molecule has 4 rings (SSSR count). The van der Waals surface area contributed by atoms with Crippen LogP contribution >= 0.6 is 11.6 Å². The van der Waals surface area contributed by atoms with Gasteiger partial charge in [-0.25, -0.2) is 0 Å². The van der Waals surface area contributed by atoms with Crippen molar-refractivity contribution in [3.8, 4) is 5.75 Å². The van der Waals surface area contributed by atoms with Crippen LogP contribution in [0.25, 0.3) is 0 Å². The molecule has 2 aliphatic heterocycles. The summed E-state index contributed by atoms with van der Waals surface area (Å²) < 4.78 is 11.3. The van der Waals surface area contributed by atoms with Gasteiger partial charge in [0.2, 0.25) is 5.91 Å². The molecule has 1 saturated heterocycles. The van der Waals surface area contributed by atoms with E-state index in [4.69, 9.17) is 21.1 Å². The lowest BCUT2D eigenvalue weighted by atomic mass is 10.1. The first kappa shape index (κ1) is 20.5. The molecule has 1 atom stereocenters. The first-order valence-corrected chi connectivity index (χ1v) is 10.4. The Labute approximate surface area is 180 Å². The fraction of sp³-hybridized carbons (Fsp3) is 0.364. The van der Waals surface area contributed by atoms with Crippen molar-refractivity contribution in [3.05, 3.63) is 53.6 Å². The molecule has 7 nitrogen and oxygen atoms in total. The van der Waals surface area contributed by atoms with Crippen molar-refractivity contribution in [1.29, 1.82) is 0 Å². The lowest BCUT2D eigenvalue weighted by Gasteiger charge is -2.38. The van der Waals surface area contributed by atoms with E-state index in [2.05, 4.69) is 5.32 Å². The molecule has 0 bridgehead atoms. The van der Waals surface area contributed by atoms with Crippen molar-refractivity contribution in [1.82, 2.24) is 4.90 Å². The van der Waals surface area contributed by atoms with Crippen LogP contribution in [0.5, 0.6) is 5.75 Å². The van der Waals surface area contributed by atoms with Crippen molar-refractivity contribution >= 4 is 34.8 Å². The van der Waals surface area contributed by atoms with Crippen molar-refractivity contribution in [3.63, 3.8) is 0 Å². The minimum Gasteiger partial charge on any atom is -0.477 e. The lowest BCUT2D eigenvalue weighted by molar-refractivity contribution is -0.142. The first-order valence-electron chi connectivity index (χ1n) is 10.0. The summed E-state index contributed by atoms with van der Waals surface area (Å²) in [4.78, 5) is 29.2. The molecular weight excluding hydrogens is 406 g/mol. The SMILES string of the molecule is O=C(CCN1CC(C(=O)N2CCOCC2)Oc2ccccc21)Nc1cccc(Cl)c1. The van der Waals surface area contributed by atoms with Crippen LogP contribution in [0.4, 0.5) is 11.4 Å². The number of benzene rings is 2. The molecule has 0 aromatic heterocycles. The van der Waals surface area contributed by atoms with E-state index in [1.165, 1.54) is 0 Å². The standard InChI is InChI=1S/C22H24ClN3O4/c23-16-4-3-5-17(14-16)24-21(27)8-9-26-15-20(22(28)25-10-12-29-13-11-25)30-19-7-2-1-6-18(19)26/h1-7,14,20H,8-13,15H2,(H,24,27). The largest absolute Gasteiger partial charge is 0.477 e. The number of amides is 2. The van der Waals surface area contributed by atoms with Crippen molar-refractivity contribution in [2.45, 2.75) is 12.5 Å². The van der Waals surface area contributed by atoms with E-state index in [1.54, 1.807) is 29.2 Å². The van der Waals surface area contributed by atoms with E-state index in [1.807, 2.05) is 29.2 Å². The molecule has 1 fully saturated rings. The number of fused-ring (bicyclic) bond motifs is 1. The smallest absolute Gasteiger partial charge is 0.265 e. The van der Waals surface area contributed by atoms with Gasteiger partial charge in [-0.05, 0) is 30.3 Å². The zero-order chi connectivity index (χ0) is 20.9. The number of rotatable bonds is 5. The number of morpholine rings is 1. The topological polar surface area (TPSA) is 71.1 Å². The van der Waals surface area contributed by atoms with E-state index in [9.17, 15) is 9.59 Å². The quantitative estimate of drug-likeness (QED) is 0.791. The number of hydrogen-bond donors (Lipinski definition) is 1. The molecule has 30 heavy (non-hydrogen) atoms. The van der Waals surface area contributed by atoms with Crippen LogP contribution in [0.2, 0.25) is 5.02 Å². The van der Waals surface area contributed by atoms with Gasteiger partial charge < -0.3 is 24.6 Å². The number of nitrogens with zero attached hydrogens (tertiary/aromatic N) is 2. The van der Waals surface area contributed by atoms with Crippen molar-refractivity contribution in [2.24, 2.45) is 0 Å². The van der Waals surface area contributed by atoms with Gasteiger partial charge in [0.05, 0.1) is 25.4 Å². The zero-order valence-electron chi connectivity index (χ0n) is 16.6. The third-order valence-corrected chi connectivity index (χ3v) is 5.41. The highest BCUT2D eigenvalue weighted by Gasteiger charge is 2.34. The summed E-state index contributed by atoms with van der Waals surface area (Å²) in [6.07, 6.45) is -0.326. The third kappa shape index (κ3) is 4.86. The summed E-state index contributed by atoms with van der Waals surface area (Å²) >= 11 is 5.98. The average Bonchev–Trinajstić information content (AvgIpc) is 2.77. The Morgan fingerprint density at radius 3 is 2.70 bits per heavy atom. The number of hydrogen-bond acceptors (Lipinski definition) is 5. The molecule has 0 radical (unpaired) electrons. The number of anilines is 2. The summed E-state index contributed by atoms with van der Waals surface area (Å²) in [6.45, 7) is 3.10. The zero-order valence-corrected chi connectivity index (χ0v) is 17.3. The van der Waals surface area contributed by atoms with Gasteiger partial charge in [-0.1, -0.05) is 29.8 Å². The highest BCUT2D eigenvalue weighted by Crippen LogP contribution is 2.33. The van der Waals surface area contributed by atoms with Gasteiger partial charge in [0, 0.05) is 36.8 Å². The Kier molecular flexibility index (Phi) is 6.40. The maximum absolute atomic E-state index is 12.9. The van der Waals surface area contributed by atoms with Gasteiger partial charge in [0.25, 0.3) is 5.91 Å². The number of carbonyl (C=O) groups excluding carboxylic acids is 2. The van der Waals surface area contributed by atoms with E-state index in [0.717, 1.165) is 5.69 Å². The number of halogens is 1. The fourth-order valence-electron chi connectivity index (χ4n) is 3.66. The van der Waals surface area contributed by atoms with Crippen LogP contribution in [0.15, 0.2) is 48.5 Å². The van der Waals surface area contributed by atoms with Crippen LogP contribution in [0.1, 0.15) is 6.42 Å². The molecule has 2 amide bonds. The highest BCUT2D eigenvalue weighted by atomic mass is 35.5. The van der Waals surface area contributed by atoms with Gasteiger partial charge in [0.1, 0.15) is 5.75 Å². The minimum absolute atomic E-state index is 0.0406. The third-order valence-electron chi connectivity index (χ3n) is 5.18. The summed E-state index contributed by atoms with van der Waals surface area (Å²) in [6, 6.07) is 14.7. The average molecular weight is 430 g/mol. The highest BCUT2D eigenvalue weighted by molar-refractivity contribution is 6.30. The van der Waals surface area contributed by atoms with E-state index < -0.39 is 6.10 Å². The molecule has 158 valence electrons. The Hall–Kier alpha value is -2.77. The van der Waals surface area contributed by atoms with Gasteiger partial charge in [0.15, 0.2) is 6.10 Å². The minimum atomic E-state index is -0.603. The van der Waals surface area contributed by atoms with Crippen molar-refractivity contribution in [2.75, 3.05) is 49.6 Å². The predicted molar refractivity (Wildman–Crippen MR) is 115 cm³/mol. The van der Waals surface area contributed by atoms with Gasteiger partial charge in [-0.2, -0.15) is 0 Å². The summed E-state index contributed by atoms with van der Waals surface area (Å²) in [5.41, 5.74) is 1.55. The Balaban J connectivity index is 1.42. The number of ether oxygens (including phenoxy) is 2. The molecule has 2 heterocycles. The maximum atomic E-state index is 12.9. The van der Waals surface area contributed by atoms with E-state index in [-0.39, 0.29) is 18.2 Å². The molecule has 1 N–H and O–H groups in total. The lowest BCUT2D eigenvalue weighted by Crippen LogP contribution is -2.53. The fourth-order valence-corrected chi connectivity index (χ4v) is 3.85. The molecular formula is C22H24ClN3O4. The van der Waals surface area contributed by atoms with Crippen molar-refractivity contribution < 1.29 is 19.1 Å².